The predicted molar refractivity (Wildman–Crippen MR) is 65.0 cm³/mol. The molecule has 0 bridgehead atoms. The van der Waals surface area contributed by atoms with Gasteiger partial charge in [0, 0.05) is 11.5 Å². The van der Waals surface area contributed by atoms with Crippen molar-refractivity contribution in [1.29, 1.82) is 0 Å². The van der Waals surface area contributed by atoms with E-state index in [1.807, 2.05) is 6.92 Å². The molecule has 1 saturated carbocycles. The van der Waals surface area contributed by atoms with Gasteiger partial charge in [0.1, 0.15) is 0 Å². The summed E-state index contributed by atoms with van der Waals surface area (Å²) in [5, 5.41) is 11.9. The molecule has 0 saturated heterocycles. The third kappa shape index (κ3) is 3.21. The first-order valence-electron chi connectivity index (χ1n) is 6.42. The zero-order chi connectivity index (χ0) is 12.2. The van der Waals surface area contributed by atoms with E-state index >= 15 is 0 Å². The lowest BCUT2D eigenvalue weighted by molar-refractivity contribution is -0.132. The molecule has 0 heterocycles. The molecule has 1 aliphatic carbocycles. The molecule has 1 amide bonds. The largest absolute Gasteiger partial charge is 0.394 e. The van der Waals surface area contributed by atoms with Gasteiger partial charge in [-0.05, 0) is 32.1 Å². The maximum Gasteiger partial charge on any atom is 0.226 e. The van der Waals surface area contributed by atoms with E-state index in [2.05, 4.69) is 19.2 Å². The maximum atomic E-state index is 12.2. The van der Waals surface area contributed by atoms with E-state index < -0.39 is 0 Å². The van der Waals surface area contributed by atoms with Crippen molar-refractivity contribution in [2.75, 3.05) is 6.61 Å². The lowest BCUT2D eigenvalue weighted by Crippen LogP contribution is -2.45. The van der Waals surface area contributed by atoms with E-state index in [0.29, 0.717) is 5.92 Å². The summed E-state index contributed by atoms with van der Waals surface area (Å²) in [5.41, 5.74) is -0.155. The summed E-state index contributed by atoms with van der Waals surface area (Å²) in [6, 6.07) is -0.128. The second kappa shape index (κ2) is 5.67. The SMILES string of the molecule is CC(C)CC1(C(=O)N[C@H](C)CO)CCCC1. The average molecular weight is 227 g/mol. The quantitative estimate of drug-likeness (QED) is 0.755. The molecule has 0 aromatic heterocycles. The molecule has 1 atom stereocenters. The maximum absolute atomic E-state index is 12.2. The molecule has 0 radical (unpaired) electrons. The van der Waals surface area contributed by atoms with Gasteiger partial charge in [0.15, 0.2) is 0 Å². The smallest absolute Gasteiger partial charge is 0.226 e. The first kappa shape index (κ1) is 13.5. The highest BCUT2D eigenvalue weighted by Gasteiger charge is 2.41. The van der Waals surface area contributed by atoms with Crippen LogP contribution in [0.1, 0.15) is 52.9 Å². The lowest BCUT2D eigenvalue weighted by atomic mass is 9.77. The van der Waals surface area contributed by atoms with Crippen molar-refractivity contribution < 1.29 is 9.90 Å². The van der Waals surface area contributed by atoms with Crippen LogP contribution in [0.3, 0.4) is 0 Å². The molecular weight excluding hydrogens is 202 g/mol. The Morgan fingerprint density at radius 3 is 2.31 bits per heavy atom. The summed E-state index contributed by atoms with van der Waals surface area (Å²) in [6.07, 6.45) is 5.31. The Morgan fingerprint density at radius 2 is 1.88 bits per heavy atom. The molecule has 1 rings (SSSR count). The Kier molecular flexibility index (Phi) is 4.78. The van der Waals surface area contributed by atoms with Gasteiger partial charge in [0.2, 0.25) is 5.91 Å². The average Bonchev–Trinajstić information content (AvgIpc) is 2.66. The molecular formula is C13H25NO2. The van der Waals surface area contributed by atoms with Gasteiger partial charge in [0.25, 0.3) is 0 Å². The number of rotatable bonds is 5. The molecule has 3 heteroatoms. The van der Waals surface area contributed by atoms with Gasteiger partial charge in [-0.25, -0.2) is 0 Å². The predicted octanol–water partition coefficient (Wildman–Crippen LogP) is 2.09. The summed E-state index contributed by atoms with van der Waals surface area (Å²) >= 11 is 0. The van der Waals surface area contributed by atoms with E-state index in [0.717, 1.165) is 32.1 Å². The number of carbonyl (C=O) groups is 1. The molecule has 16 heavy (non-hydrogen) atoms. The van der Waals surface area contributed by atoms with Gasteiger partial charge in [-0.15, -0.1) is 0 Å². The van der Waals surface area contributed by atoms with Crippen LogP contribution >= 0.6 is 0 Å². The van der Waals surface area contributed by atoms with Gasteiger partial charge in [0.05, 0.1) is 6.61 Å². The number of aliphatic hydroxyl groups excluding tert-OH is 1. The van der Waals surface area contributed by atoms with Crippen LogP contribution in [-0.2, 0) is 4.79 Å². The zero-order valence-electron chi connectivity index (χ0n) is 10.8. The fraction of sp³-hybridized carbons (Fsp3) is 0.923. The van der Waals surface area contributed by atoms with Crippen molar-refractivity contribution in [1.82, 2.24) is 5.32 Å². The van der Waals surface area contributed by atoms with Crippen molar-refractivity contribution in [2.24, 2.45) is 11.3 Å². The Bertz CT molecular complexity index is 232. The van der Waals surface area contributed by atoms with Crippen molar-refractivity contribution in [2.45, 2.75) is 58.9 Å². The number of carbonyl (C=O) groups excluding carboxylic acids is 1. The van der Waals surface area contributed by atoms with E-state index in [9.17, 15) is 4.79 Å². The van der Waals surface area contributed by atoms with Crippen molar-refractivity contribution in [3.05, 3.63) is 0 Å². The minimum absolute atomic E-state index is 0.0174. The molecule has 2 N–H and O–H groups in total. The van der Waals surface area contributed by atoms with Crippen LogP contribution in [0, 0.1) is 11.3 Å². The molecule has 3 nitrogen and oxygen atoms in total. The summed E-state index contributed by atoms with van der Waals surface area (Å²) in [5.74, 6) is 0.702. The number of amides is 1. The monoisotopic (exact) mass is 227 g/mol. The highest BCUT2D eigenvalue weighted by molar-refractivity contribution is 5.83. The number of aliphatic hydroxyl groups is 1. The van der Waals surface area contributed by atoms with Crippen LogP contribution in [0.4, 0.5) is 0 Å². The molecule has 0 unspecified atom stereocenters. The molecule has 1 fully saturated rings. The third-order valence-electron chi connectivity index (χ3n) is 3.49. The van der Waals surface area contributed by atoms with Gasteiger partial charge < -0.3 is 10.4 Å². The Hall–Kier alpha value is -0.570. The fourth-order valence-corrected chi connectivity index (χ4v) is 2.78. The van der Waals surface area contributed by atoms with Crippen LogP contribution in [-0.4, -0.2) is 23.7 Å². The molecule has 0 aromatic carbocycles. The van der Waals surface area contributed by atoms with E-state index in [4.69, 9.17) is 5.11 Å². The molecule has 0 spiro atoms. The van der Waals surface area contributed by atoms with E-state index in [1.165, 1.54) is 0 Å². The second-order valence-corrected chi connectivity index (χ2v) is 5.64. The molecule has 0 aliphatic heterocycles. The zero-order valence-corrected chi connectivity index (χ0v) is 10.8. The van der Waals surface area contributed by atoms with Crippen LogP contribution in [0.15, 0.2) is 0 Å². The minimum atomic E-state index is -0.155. The van der Waals surface area contributed by atoms with Crippen LogP contribution in [0.25, 0.3) is 0 Å². The van der Waals surface area contributed by atoms with E-state index in [-0.39, 0.29) is 24.0 Å². The fourth-order valence-electron chi connectivity index (χ4n) is 2.78. The number of nitrogens with one attached hydrogen (secondary N) is 1. The number of hydrogen-bond acceptors (Lipinski definition) is 2. The number of hydrogen-bond donors (Lipinski definition) is 2. The standard InChI is InChI=1S/C13H25NO2/c1-10(2)8-13(6-4-5-7-13)12(16)14-11(3)9-15/h10-11,15H,4-9H2,1-3H3,(H,14,16)/t11-/m1/s1. The van der Waals surface area contributed by atoms with Crippen LogP contribution < -0.4 is 5.32 Å². The molecule has 0 aromatic rings. The Labute approximate surface area is 98.6 Å². The normalized spacial score (nSPS) is 21.1. The Morgan fingerprint density at radius 1 is 1.31 bits per heavy atom. The summed E-state index contributed by atoms with van der Waals surface area (Å²) < 4.78 is 0. The van der Waals surface area contributed by atoms with Gasteiger partial charge in [-0.2, -0.15) is 0 Å². The first-order chi connectivity index (χ1) is 7.50. The topological polar surface area (TPSA) is 49.3 Å². The van der Waals surface area contributed by atoms with Crippen molar-refractivity contribution >= 4 is 5.91 Å². The highest BCUT2D eigenvalue weighted by Crippen LogP contribution is 2.43. The van der Waals surface area contributed by atoms with Crippen LogP contribution in [0.5, 0.6) is 0 Å². The van der Waals surface area contributed by atoms with Crippen LogP contribution in [0.2, 0.25) is 0 Å². The molecule has 1 aliphatic rings. The molecule has 94 valence electrons. The summed E-state index contributed by atoms with van der Waals surface area (Å²) in [4.78, 5) is 12.2. The third-order valence-corrected chi connectivity index (χ3v) is 3.49. The highest BCUT2D eigenvalue weighted by atomic mass is 16.3. The summed E-state index contributed by atoms with van der Waals surface area (Å²) in [6.45, 7) is 6.20. The first-order valence-corrected chi connectivity index (χ1v) is 6.42. The van der Waals surface area contributed by atoms with Crippen molar-refractivity contribution in [3.63, 3.8) is 0 Å². The minimum Gasteiger partial charge on any atom is -0.394 e. The Balaban J connectivity index is 2.65. The lowest BCUT2D eigenvalue weighted by Gasteiger charge is -2.30. The second-order valence-electron chi connectivity index (χ2n) is 5.64. The van der Waals surface area contributed by atoms with Gasteiger partial charge in [-0.1, -0.05) is 26.7 Å². The van der Waals surface area contributed by atoms with Gasteiger partial charge in [-0.3, -0.25) is 4.79 Å². The van der Waals surface area contributed by atoms with Crippen molar-refractivity contribution in [3.8, 4) is 0 Å². The van der Waals surface area contributed by atoms with E-state index in [1.54, 1.807) is 0 Å². The summed E-state index contributed by atoms with van der Waals surface area (Å²) in [7, 11) is 0. The van der Waals surface area contributed by atoms with Gasteiger partial charge >= 0.3 is 0 Å².